The van der Waals surface area contributed by atoms with Gasteiger partial charge in [0, 0.05) is 10.6 Å². The molecule has 10 heteroatoms. The molecule has 2 aromatic carbocycles. The predicted molar refractivity (Wildman–Crippen MR) is 146 cm³/mol. The molecule has 1 aliphatic carbocycles. The number of fused-ring (bicyclic) bond motifs is 1. The number of carboxylic acid groups (broad SMARTS) is 1. The van der Waals surface area contributed by atoms with Crippen molar-refractivity contribution in [3.63, 3.8) is 0 Å². The maximum absolute atomic E-state index is 11.4. The van der Waals surface area contributed by atoms with E-state index in [1.165, 1.54) is 6.33 Å². The Balaban J connectivity index is 1.51. The number of hydrogen-bond donors (Lipinski definition) is 1. The van der Waals surface area contributed by atoms with Gasteiger partial charge < -0.3 is 19.1 Å². The SMILES string of the molecule is CC1(Oc2ncnc3c2nc(-c2ccc(OCCC(C)(C)C(=O)O)cc2Cl)n3Cc2cccc(Cl)c2)CC1. The van der Waals surface area contributed by atoms with E-state index in [9.17, 15) is 9.90 Å². The molecule has 38 heavy (non-hydrogen) atoms. The van der Waals surface area contributed by atoms with Gasteiger partial charge in [-0.3, -0.25) is 4.79 Å². The van der Waals surface area contributed by atoms with Crippen LogP contribution in [-0.2, 0) is 11.3 Å². The maximum atomic E-state index is 11.4. The quantitative estimate of drug-likeness (QED) is 0.234. The van der Waals surface area contributed by atoms with Gasteiger partial charge in [-0.1, -0.05) is 35.3 Å². The Hall–Kier alpha value is -3.36. The van der Waals surface area contributed by atoms with Gasteiger partial charge in [-0.05, 0) is 75.9 Å². The van der Waals surface area contributed by atoms with E-state index in [1.807, 2.05) is 34.9 Å². The first-order valence-electron chi connectivity index (χ1n) is 12.4. The third-order valence-corrected chi connectivity index (χ3v) is 7.33. The van der Waals surface area contributed by atoms with Gasteiger partial charge in [-0.25, -0.2) is 9.97 Å². The Kier molecular flexibility index (Phi) is 6.96. The largest absolute Gasteiger partial charge is 0.494 e. The third kappa shape index (κ3) is 5.56. The number of imidazole rings is 1. The Morgan fingerprint density at radius 3 is 2.63 bits per heavy atom. The molecular formula is C28H28Cl2N4O4. The van der Waals surface area contributed by atoms with Gasteiger partial charge in [0.1, 0.15) is 23.5 Å². The predicted octanol–water partition coefficient (Wildman–Crippen LogP) is 6.66. The summed E-state index contributed by atoms with van der Waals surface area (Å²) >= 11 is 13.0. The monoisotopic (exact) mass is 554 g/mol. The number of hydrogen-bond acceptors (Lipinski definition) is 6. The first-order chi connectivity index (χ1) is 18.0. The Morgan fingerprint density at radius 2 is 1.95 bits per heavy atom. The van der Waals surface area contributed by atoms with Crippen molar-refractivity contribution in [1.29, 1.82) is 0 Å². The molecule has 1 fully saturated rings. The number of aliphatic carboxylic acids is 1. The molecule has 2 heterocycles. The molecule has 1 aliphatic rings. The summed E-state index contributed by atoms with van der Waals surface area (Å²) in [5.41, 5.74) is 1.74. The summed E-state index contributed by atoms with van der Waals surface area (Å²) in [7, 11) is 0. The Morgan fingerprint density at radius 1 is 1.16 bits per heavy atom. The number of carboxylic acids is 1. The van der Waals surface area contributed by atoms with Gasteiger partial charge in [-0.15, -0.1) is 0 Å². The van der Waals surface area contributed by atoms with Gasteiger partial charge in [0.15, 0.2) is 11.2 Å². The van der Waals surface area contributed by atoms with E-state index in [4.69, 9.17) is 37.7 Å². The van der Waals surface area contributed by atoms with Crippen molar-refractivity contribution in [3.05, 3.63) is 64.4 Å². The number of benzene rings is 2. The van der Waals surface area contributed by atoms with Crippen LogP contribution < -0.4 is 9.47 Å². The van der Waals surface area contributed by atoms with Gasteiger partial charge >= 0.3 is 5.97 Å². The number of halogens is 2. The van der Waals surface area contributed by atoms with Crippen molar-refractivity contribution >= 4 is 40.3 Å². The first kappa shape index (κ1) is 26.3. The topological polar surface area (TPSA) is 99.4 Å². The molecule has 8 nitrogen and oxygen atoms in total. The van der Waals surface area contributed by atoms with Crippen LogP contribution in [0.2, 0.25) is 10.0 Å². The lowest BCUT2D eigenvalue weighted by Gasteiger charge is -2.19. The number of rotatable bonds is 10. The second-order valence-corrected chi connectivity index (χ2v) is 11.3. The average Bonchev–Trinajstić information content (AvgIpc) is 3.47. The van der Waals surface area contributed by atoms with Crippen LogP contribution in [0.3, 0.4) is 0 Å². The molecular weight excluding hydrogens is 527 g/mol. The summed E-state index contributed by atoms with van der Waals surface area (Å²) in [6.07, 6.45) is 3.77. The zero-order valence-corrected chi connectivity index (χ0v) is 22.9. The highest BCUT2D eigenvalue weighted by Gasteiger charge is 2.41. The van der Waals surface area contributed by atoms with Crippen molar-refractivity contribution in [2.45, 2.75) is 52.2 Å². The second kappa shape index (κ2) is 10.1. The number of ether oxygens (including phenoxy) is 2. The Bertz CT molecular complexity index is 1510. The van der Waals surface area contributed by atoms with E-state index in [0.717, 1.165) is 18.4 Å². The number of carbonyl (C=O) groups is 1. The van der Waals surface area contributed by atoms with Gasteiger partial charge in [0.25, 0.3) is 0 Å². The summed E-state index contributed by atoms with van der Waals surface area (Å²) in [4.78, 5) is 25.2. The smallest absolute Gasteiger partial charge is 0.309 e. The summed E-state index contributed by atoms with van der Waals surface area (Å²) < 4.78 is 14.0. The van der Waals surface area contributed by atoms with E-state index >= 15 is 0 Å². The minimum Gasteiger partial charge on any atom is -0.494 e. The maximum Gasteiger partial charge on any atom is 0.309 e. The average molecular weight is 555 g/mol. The molecule has 198 valence electrons. The van der Waals surface area contributed by atoms with Gasteiger partial charge in [0.2, 0.25) is 5.88 Å². The van der Waals surface area contributed by atoms with Crippen molar-refractivity contribution in [2.24, 2.45) is 5.41 Å². The van der Waals surface area contributed by atoms with Crippen LogP contribution in [0.5, 0.6) is 11.6 Å². The summed E-state index contributed by atoms with van der Waals surface area (Å²) in [6, 6.07) is 13.0. The molecule has 0 radical (unpaired) electrons. The first-order valence-corrected chi connectivity index (χ1v) is 13.1. The highest BCUT2D eigenvalue weighted by Crippen LogP contribution is 2.41. The van der Waals surface area contributed by atoms with Gasteiger partial charge in [0.05, 0.1) is 23.6 Å². The molecule has 1 saturated carbocycles. The van der Waals surface area contributed by atoms with Crippen LogP contribution in [0.4, 0.5) is 0 Å². The van der Waals surface area contributed by atoms with Gasteiger partial charge in [-0.2, -0.15) is 4.98 Å². The molecule has 0 aliphatic heterocycles. The fraction of sp³-hybridized carbons (Fsp3) is 0.357. The van der Waals surface area contributed by atoms with E-state index in [-0.39, 0.29) is 12.2 Å². The lowest BCUT2D eigenvalue weighted by atomic mass is 9.90. The minimum atomic E-state index is -0.882. The molecule has 0 unspecified atom stereocenters. The van der Waals surface area contributed by atoms with Crippen LogP contribution in [0, 0.1) is 5.41 Å². The molecule has 4 aromatic rings. The van der Waals surface area contributed by atoms with Crippen LogP contribution in [0.1, 0.15) is 45.6 Å². The molecule has 2 aromatic heterocycles. The lowest BCUT2D eigenvalue weighted by Crippen LogP contribution is -2.25. The number of nitrogens with zero attached hydrogens (tertiary/aromatic N) is 4. The summed E-state index contributed by atoms with van der Waals surface area (Å²) in [5, 5.41) is 10.4. The Labute approximate surface area is 230 Å². The highest BCUT2D eigenvalue weighted by molar-refractivity contribution is 6.33. The molecule has 0 spiro atoms. The van der Waals surface area contributed by atoms with Crippen LogP contribution in [-0.4, -0.2) is 42.8 Å². The minimum absolute atomic E-state index is 0.232. The molecule has 0 saturated heterocycles. The number of aromatic nitrogens is 4. The van der Waals surface area contributed by atoms with Crippen LogP contribution in [0.25, 0.3) is 22.6 Å². The van der Waals surface area contributed by atoms with Crippen LogP contribution in [0.15, 0.2) is 48.8 Å². The van der Waals surface area contributed by atoms with Crippen molar-refractivity contribution in [3.8, 4) is 23.0 Å². The van der Waals surface area contributed by atoms with E-state index < -0.39 is 11.4 Å². The molecule has 0 bridgehead atoms. The zero-order valence-electron chi connectivity index (χ0n) is 21.4. The fourth-order valence-electron chi connectivity index (χ4n) is 3.97. The normalized spacial score (nSPS) is 14.4. The van der Waals surface area contributed by atoms with Crippen molar-refractivity contribution in [1.82, 2.24) is 19.5 Å². The molecule has 1 N–H and O–H groups in total. The van der Waals surface area contributed by atoms with E-state index in [0.29, 0.717) is 57.2 Å². The zero-order chi connectivity index (χ0) is 27.1. The van der Waals surface area contributed by atoms with Crippen molar-refractivity contribution in [2.75, 3.05) is 6.61 Å². The summed E-state index contributed by atoms with van der Waals surface area (Å²) in [5.74, 6) is 0.728. The fourth-order valence-corrected chi connectivity index (χ4v) is 4.44. The lowest BCUT2D eigenvalue weighted by molar-refractivity contribution is -0.147. The van der Waals surface area contributed by atoms with E-state index in [2.05, 4.69) is 16.9 Å². The molecule has 5 rings (SSSR count). The molecule has 0 amide bonds. The summed E-state index contributed by atoms with van der Waals surface area (Å²) in [6.45, 7) is 6.10. The van der Waals surface area contributed by atoms with E-state index in [1.54, 1.807) is 26.0 Å². The second-order valence-electron chi connectivity index (χ2n) is 10.5. The third-order valence-electron chi connectivity index (χ3n) is 6.78. The molecule has 0 atom stereocenters. The van der Waals surface area contributed by atoms with Crippen molar-refractivity contribution < 1.29 is 19.4 Å². The highest BCUT2D eigenvalue weighted by atomic mass is 35.5. The standard InChI is InChI=1S/C28H28Cl2N4O4/c1-27(2,26(35)36)11-12-37-19-7-8-20(21(30)14-19)23-33-22-24(31-16-32-25(22)38-28(3)9-10-28)34(23)15-17-5-4-6-18(29)13-17/h4-8,13-14,16H,9-12,15H2,1-3H3,(H,35,36). The van der Waals surface area contributed by atoms with Crippen LogP contribution >= 0.6 is 23.2 Å².